The monoisotopic (exact) mass is 199 g/mol. The molecule has 0 N–H and O–H groups in total. The molecular weight excluding hydrogens is 178 g/mol. The number of amides is 1. The van der Waals surface area contributed by atoms with Gasteiger partial charge >= 0.3 is 0 Å². The van der Waals surface area contributed by atoms with Crippen LogP contribution in [0.3, 0.4) is 0 Å². The fourth-order valence-corrected chi connectivity index (χ4v) is 1.15. The van der Waals surface area contributed by atoms with Gasteiger partial charge in [0, 0.05) is 25.9 Å². The van der Waals surface area contributed by atoms with Gasteiger partial charge in [0.2, 0.25) is 5.91 Å². The number of unbranched alkanes of at least 4 members (excludes halogenated alkanes) is 3. The molecule has 0 unspecified atom stereocenters. The summed E-state index contributed by atoms with van der Waals surface area (Å²) >= 11 is 0. The maximum Gasteiger partial charge on any atom is 0.222 e. The highest BCUT2D eigenvalue weighted by Gasteiger charge is 2.10. The van der Waals surface area contributed by atoms with Gasteiger partial charge in [-0.2, -0.15) is 0 Å². The Labute approximate surface area is 86.5 Å². The molecule has 0 heterocycles. The van der Waals surface area contributed by atoms with Crippen LogP contribution in [0, 0.1) is 0 Å². The summed E-state index contributed by atoms with van der Waals surface area (Å²) in [5.41, 5.74) is 0. The average molecular weight is 199 g/mol. The van der Waals surface area contributed by atoms with Gasteiger partial charge in [0.1, 0.15) is 6.29 Å². The van der Waals surface area contributed by atoms with E-state index >= 15 is 0 Å². The molecule has 0 aromatic carbocycles. The second-order valence-corrected chi connectivity index (χ2v) is 3.86. The first kappa shape index (κ1) is 13.1. The van der Waals surface area contributed by atoms with Gasteiger partial charge < -0.3 is 9.69 Å². The Morgan fingerprint density at radius 1 is 1.29 bits per heavy atom. The minimum absolute atomic E-state index is 0.200. The van der Waals surface area contributed by atoms with E-state index in [0.717, 1.165) is 25.5 Å². The lowest BCUT2D eigenvalue weighted by Crippen LogP contribution is -2.32. The van der Waals surface area contributed by atoms with E-state index in [1.54, 1.807) is 4.90 Å². The van der Waals surface area contributed by atoms with Gasteiger partial charge in [0.15, 0.2) is 0 Å². The van der Waals surface area contributed by atoms with E-state index in [-0.39, 0.29) is 11.9 Å². The fourth-order valence-electron chi connectivity index (χ4n) is 1.15. The van der Waals surface area contributed by atoms with Crippen LogP contribution < -0.4 is 0 Å². The maximum absolute atomic E-state index is 11.5. The fraction of sp³-hybridized carbons (Fsp3) is 0.818. The largest absolute Gasteiger partial charge is 0.343 e. The van der Waals surface area contributed by atoms with E-state index in [0.29, 0.717) is 12.8 Å². The van der Waals surface area contributed by atoms with Crippen molar-refractivity contribution >= 4 is 12.2 Å². The van der Waals surface area contributed by atoms with E-state index in [2.05, 4.69) is 0 Å². The van der Waals surface area contributed by atoms with Crippen molar-refractivity contribution in [1.82, 2.24) is 4.90 Å². The Bertz CT molecular complexity index is 178. The molecule has 14 heavy (non-hydrogen) atoms. The number of hydrogen-bond acceptors (Lipinski definition) is 2. The summed E-state index contributed by atoms with van der Waals surface area (Å²) in [6.45, 7) is 4.01. The van der Waals surface area contributed by atoms with E-state index in [4.69, 9.17) is 0 Å². The van der Waals surface area contributed by atoms with Crippen molar-refractivity contribution in [2.45, 2.75) is 52.0 Å². The van der Waals surface area contributed by atoms with Crippen LogP contribution in [0.1, 0.15) is 46.0 Å². The molecule has 0 spiro atoms. The highest BCUT2D eigenvalue weighted by Crippen LogP contribution is 2.05. The van der Waals surface area contributed by atoms with Crippen LogP contribution in [-0.2, 0) is 9.59 Å². The van der Waals surface area contributed by atoms with Gasteiger partial charge in [0.05, 0.1) is 0 Å². The zero-order valence-corrected chi connectivity index (χ0v) is 9.45. The smallest absolute Gasteiger partial charge is 0.222 e. The number of aldehydes is 1. The van der Waals surface area contributed by atoms with Gasteiger partial charge in [-0.05, 0) is 26.7 Å². The van der Waals surface area contributed by atoms with Crippen molar-refractivity contribution in [3.63, 3.8) is 0 Å². The molecule has 0 aliphatic heterocycles. The van der Waals surface area contributed by atoms with Crippen LogP contribution >= 0.6 is 0 Å². The second kappa shape index (κ2) is 7.54. The van der Waals surface area contributed by atoms with E-state index in [1.165, 1.54) is 0 Å². The second-order valence-electron chi connectivity index (χ2n) is 3.86. The topological polar surface area (TPSA) is 37.4 Å². The lowest BCUT2D eigenvalue weighted by Gasteiger charge is -2.21. The quantitative estimate of drug-likeness (QED) is 0.464. The first-order valence-electron chi connectivity index (χ1n) is 5.29. The van der Waals surface area contributed by atoms with Crippen molar-refractivity contribution in [2.24, 2.45) is 0 Å². The molecule has 0 saturated heterocycles. The van der Waals surface area contributed by atoms with Crippen molar-refractivity contribution in [1.29, 1.82) is 0 Å². The summed E-state index contributed by atoms with van der Waals surface area (Å²) in [7, 11) is 1.83. The third kappa shape index (κ3) is 5.73. The molecule has 0 aliphatic rings. The molecule has 1 amide bonds. The molecule has 0 aromatic rings. The van der Waals surface area contributed by atoms with Crippen LogP contribution in [0.4, 0.5) is 0 Å². The Morgan fingerprint density at radius 3 is 2.43 bits per heavy atom. The minimum atomic E-state index is 0.200. The number of nitrogens with zero attached hydrogens (tertiary/aromatic N) is 1. The third-order valence-corrected chi connectivity index (χ3v) is 2.38. The molecule has 0 aromatic heterocycles. The van der Waals surface area contributed by atoms with Gasteiger partial charge in [-0.15, -0.1) is 0 Å². The standard InChI is InChI=1S/C11H21NO2/c1-10(2)12(3)11(14)8-6-4-5-7-9-13/h9-10H,4-8H2,1-3H3. The van der Waals surface area contributed by atoms with Crippen molar-refractivity contribution < 1.29 is 9.59 Å². The van der Waals surface area contributed by atoms with Crippen LogP contribution in [0.25, 0.3) is 0 Å². The van der Waals surface area contributed by atoms with Gasteiger partial charge in [-0.1, -0.05) is 6.42 Å². The summed E-state index contributed by atoms with van der Waals surface area (Å²) in [4.78, 5) is 23.3. The molecule has 82 valence electrons. The molecular formula is C11H21NO2. The van der Waals surface area contributed by atoms with E-state index in [1.807, 2.05) is 20.9 Å². The number of carbonyl (C=O) groups excluding carboxylic acids is 2. The molecule has 0 atom stereocenters. The Kier molecular flexibility index (Phi) is 7.07. The number of hydrogen-bond donors (Lipinski definition) is 0. The van der Waals surface area contributed by atoms with Gasteiger partial charge in [-0.3, -0.25) is 4.79 Å². The summed E-state index contributed by atoms with van der Waals surface area (Å²) in [5.74, 6) is 0.200. The summed E-state index contributed by atoms with van der Waals surface area (Å²) in [6, 6.07) is 0.275. The predicted octanol–water partition coefficient (Wildman–Crippen LogP) is 2.00. The zero-order chi connectivity index (χ0) is 11.0. The van der Waals surface area contributed by atoms with E-state index in [9.17, 15) is 9.59 Å². The SMILES string of the molecule is CC(C)N(C)C(=O)CCCCCC=O. The first-order valence-corrected chi connectivity index (χ1v) is 5.29. The Hall–Kier alpha value is -0.860. The van der Waals surface area contributed by atoms with Crippen LogP contribution in [0.15, 0.2) is 0 Å². The van der Waals surface area contributed by atoms with Crippen LogP contribution in [0.2, 0.25) is 0 Å². The van der Waals surface area contributed by atoms with Gasteiger partial charge in [0.25, 0.3) is 0 Å². The summed E-state index contributed by atoms with van der Waals surface area (Å²) in [6.07, 6.45) is 4.92. The summed E-state index contributed by atoms with van der Waals surface area (Å²) in [5, 5.41) is 0. The lowest BCUT2D eigenvalue weighted by atomic mass is 10.1. The minimum Gasteiger partial charge on any atom is -0.343 e. The predicted molar refractivity (Wildman–Crippen MR) is 57.1 cm³/mol. The van der Waals surface area contributed by atoms with Crippen LogP contribution in [-0.4, -0.2) is 30.2 Å². The lowest BCUT2D eigenvalue weighted by molar-refractivity contribution is -0.131. The highest BCUT2D eigenvalue weighted by atomic mass is 16.2. The molecule has 0 fully saturated rings. The molecule has 3 nitrogen and oxygen atoms in total. The molecule has 0 rings (SSSR count). The highest BCUT2D eigenvalue weighted by molar-refractivity contribution is 5.76. The molecule has 0 aliphatic carbocycles. The van der Waals surface area contributed by atoms with Crippen molar-refractivity contribution in [3.05, 3.63) is 0 Å². The number of carbonyl (C=O) groups is 2. The molecule has 0 saturated carbocycles. The van der Waals surface area contributed by atoms with Gasteiger partial charge in [-0.25, -0.2) is 0 Å². The van der Waals surface area contributed by atoms with Crippen molar-refractivity contribution in [3.8, 4) is 0 Å². The molecule has 0 radical (unpaired) electrons. The summed E-state index contributed by atoms with van der Waals surface area (Å²) < 4.78 is 0. The van der Waals surface area contributed by atoms with E-state index < -0.39 is 0 Å². The maximum atomic E-state index is 11.5. The van der Waals surface area contributed by atoms with Crippen molar-refractivity contribution in [2.75, 3.05) is 7.05 Å². The normalized spacial score (nSPS) is 10.3. The zero-order valence-electron chi connectivity index (χ0n) is 9.45. The Balaban J connectivity index is 3.49. The number of rotatable bonds is 7. The first-order chi connectivity index (χ1) is 6.59. The molecule has 0 bridgehead atoms. The van der Waals surface area contributed by atoms with Crippen LogP contribution in [0.5, 0.6) is 0 Å². The average Bonchev–Trinajstić information content (AvgIpc) is 2.16. The Morgan fingerprint density at radius 2 is 1.93 bits per heavy atom. The molecule has 3 heteroatoms. The third-order valence-electron chi connectivity index (χ3n) is 2.38.